The molecule has 0 fully saturated rings. The smallest absolute Gasteiger partial charge is 0.341 e. The summed E-state index contributed by atoms with van der Waals surface area (Å²) in [5.74, 6) is -1.31. The van der Waals surface area contributed by atoms with E-state index in [0.29, 0.717) is 11.3 Å². The van der Waals surface area contributed by atoms with E-state index in [-0.39, 0.29) is 12.2 Å². The summed E-state index contributed by atoms with van der Waals surface area (Å²) in [6.45, 7) is 6.67. The highest BCUT2D eigenvalue weighted by Gasteiger charge is 2.16. The van der Waals surface area contributed by atoms with E-state index in [0.717, 1.165) is 17.7 Å². The van der Waals surface area contributed by atoms with E-state index in [2.05, 4.69) is 4.99 Å². The van der Waals surface area contributed by atoms with Crippen molar-refractivity contribution in [1.82, 2.24) is 4.90 Å². The van der Waals surface area contributed by atoms with Crippen LogP contribution in [0.5, 0.6) is 0 Å². The minimum Gasteiger partial charge on any atom is -0.457 e. The summed E-state index contributed by atoms with van der Waals surface area (Å²) in [4.78, 5) is 18.3. The van der Waals surface area contributed by atoms with E-state index in [1.54, 1.807) is 13.3 Å². The van der Waals surface area contributed by atoms with Crippen LogP contribution >= 0.6 is 0 Å². The molecular formula is C20H23FN2O2. The van der Waals surface area contributed by atoms with Gasteiger partial charge in [-0.1, -0.05) is 29.8 Å². The van der Waals surface area contributed by atoms with Gasteiger partial charge >= 0.3 is 5.97 Å². The Hall–Kier alpha value is -2.69. The van der Waals surface area contributed by atoms with Gasteiger partial charge in [0.2, 0.25) is 0 Å². The van der Waals surface area contributed by atoms with Crippen LogP contribution in [-0.4, -0.2) is 30.8 Å². The predicted octanol–water partition coefficient (Wildman–Crippen LogP) is 4.41. The third-order valence-corrected chi connectivity index (χ3v) is 3.89. The van der Waals surface area contributed by atoms with Gasteiger partial charge in [-0.15, -0.1) is 0 Å². The predicted molar refractivity (Wildman–Crippen MR) is 97.9 cm³/mol. The molecule has 0 amide bonds. The van der Waals surface area contributed by atoms with Gasteiger partial charge in [0, 0.05) is 19.7 Å². The van der Waals surface area contributed by atoms with Gasteiger partial charge in [-0.25, -0.2) is 14.2 Å². The number of aliphatic imine (C=N–C) groups is 1. The zero-order valence-corrected chi connectivity index (χ0v) is 15.0. The normalized spacial score (nSPS) is 10.9. The fourth-order valence-corrected chi connectivity index (χ4v) is 2.12. The van der Waals surface area contributed by atoms with Crippen LogP contribution < -0.4 is 0 Å². The molecule has 0 heterocycles. The van der Waals surface area contributed by atoms with Gasteiger partial charge in [0.25, 0.3) is 0 Å². The first kappa shape index (κ1) is 18.6. The molecule has 2 aromatic rings. The largest absolute Gasteiger partial charge is 0.457 e. The van der Waals surface area contributed by atoms with Crippen LogP contribution in [0.1, 0.15) is 34.0 Å². The second-order valence-corrected chi connectivity index (χ2v) is 6.00. The molecule has 0 spiro atoms. The van der Waals surface area contributed by atoms with Crippen LogP contribution in [0.4, 0.5) is 10.1 Å². The summed E-state index contributed by atoms with van der Waals surface area (Å²) in [7, 11) is 1.88. The Morgan fingerprint density at radius 2 is 1.92 bits per heavy atom. The monoisotopic (exact) mass is 342 g/mol. The van der Waals surface area contributed by atoms with Gasteiger partial charge in [0.15, 0.2) is 0 Å². The van der Waals surface area contributed by atoms with Crippen LogP contribution in [0.3, 0.4) is 0 Å². The van der Waals surface area contributed by atoms with Gasteiger partial charge in [-0.3, -0.25) is 0 Å². The molecule has 2 aromatic carbocycles. The van der Waals surface area contributed by atoms with Crippen molar-refractivity contribution in [3.8, 4) is 0 Å². The van der Waals surface area contributed by atoms with Crippen LogP contribution in [0.15, 0.2) is 41.4 Å². The molecule has 0 unspecified atom stereocenters. The standard InChI is InChI=1S/C20H23FN2O2/c1-5-23(4)13-22-19-11-18(21)17(10-15(19)3)20(24)25-12-16-8-6-14(2)7-9-16/h6-11,13H,5,12H2,1-4H3. The molecular weight excluding hydrogens is 319 g/mol. The molecule has 0 saturated carbocycles. The number of nitrogens with zero attached hydrogens (tertiary/aromatic N) is 2. The Morgan fingerprint density at radius 3 is 2.56 bits per heavy atom. The average molecular weight is 342 g/mol. The SMILES string of the molecule is CCN(C)C=Nc1cc(F)c(C(=O)OCc2ccc(C)cc2)cc1C. The second-order valence-electron chi connectivity index (χ2n) is 6.00. The first-order valence-corrected chi connectivity index (χ1v) is 8.18. The van der Waals surface area contributed by atoms with Crippen LogP contribution in [-0.2, 0) is 11.3 Å². The van der Waals surface area contributed by atoms with Gasteiger partial charge in [-0.2, -0.15) is 0 Å². The molecule has 0 N–H and O–H groups in total. The molecule has 5 heteroatoms. The van der Waals surface area contributed by atoms with Crippen molar-refractivity contribution < 1.29 is 13.9 Å². The number of ether oxygens (including phenoxy) is 1. The van der Waals surface area contributed by atoms with Gasteiger partial charge in [-0.05, 0) is 38.0 Å². The third kappa shape index (κ3) is 5.14. The number of rotatable bonds is 6. The Bertz CT molecular complexity index is 770. The fraction of sp³-hybridized carbons (Fsp3) is 0.300. The molecule has 0 aliphatic rings. The Kier molecular flexibility index (Phi) is 6.28. The third-order valence-electron chi connectivity index (χ3n) is 3.89. The summed E-state index contributed by atoms with van der Waals surface area (Å²) >= 11 is 0. The number of halogens is 1. The lowest BCUT2D eigenvalue weighted by Gasteiger charge is -2.10. The van der Waals surface area contributed by atoms with E-state index < -0.39 is 11.8 Å². The topological polar surface area (TPSA) is 41.9 Å². The maximum atomic E-state index is 14.3. The van der Waals surface area contributed by atoms with Crippen molar-refractivity contribution in [1.29, 1.82) is 0 Å². The van der Waals surface area contributed by atoms with E-state index in [1.165, 1.54) is 12.1 Å². The van der Waals surface area contributed by atoms with E-state index >= 15 is 0 Å². The Labute approximate surface area is 148 Å². The lowest BCUT2D eigenvalue weighted by atomic mass is 10.1. The summed E-state index contributed by atoms with van der Waals surface area (Å²) in [6.07, 6.45) is 1.64. The number of benzene rings is 2. The van der Waals surface area contributed by atoms with Gasteiger partial charge < -0.3 is 9.64 Å². The average Bonchev–Trinajstić information content (AvgIpc) is 2.61. The molecule has 0 aliphatic heterocycles. The first-order valence-electron chi connectivity index (χ1n) is 8.18. The van der Waals surface area contributed by atoms with E-state index in [1.807, 2.05) is 50.1 Å². The fourth-order valence-electron chi connectivity index (χ4n) is 2.12. The summed E-state index contributed by atoms with van der Waals surface area (Å²) < 4.78 is 19.5. The molecule has 0 bridgehead atoms. The van der Waals surface area contributed by atoms with Gasteiger partial charge in [0.1, 0.15) is 12.4 Å². The van der Waals surface area contributed by atoms with Crippen LogP contribution in [0.25, 0.3) is 0 Å². The number of carbonyl (C=O) groups is 1. The second kappa shape index (κ2) is 8.42. The molecule has 25 heavy (non-hydrogen) atoms. The quantitative estimate of drug-likeness (QED) is 0.443. The molecule has 0 aromatic heterocycles. The van der Waals surface area contributed by atoms with Crippen molar-refractivity contribution in [3.05, 3.63) is 64.5 Å². The van der Waals surface area contributed by atoms with Crippen molar-refractivity contribution in [2.24, 2.45) is 4.99 Å². The molecule has 132 valence electrons. The number of aryl methyl sites for hydroxylation is 2. The maximum Gasteiger partial charge on any atom is 0.341 e. The van der Waals surface area contributed by atoms with E-state index in [4.69, 9.17) is 4.74 Å². The molecule has 0 aliphatic carbocycles. The first-order chi connectivity index (χ1) is 11.9. The summed E-state index contributed by atoms with van der Waals surface area (Å²) in [6, 6.07) is 10.4. The number of hydrogen-bond acceptors (Lipinski definition) is 3. The highest BCUT2D eigenvalue weighted by molar-refractivity contribution is 5.90. The Balaban J connectivity index is 2.10. The van der Waals surface area contributed by atoms with Crippen molar-refractivity contribution >= 4 is 18.0 Å². The highest BCUT2D eigenvalue weighted by Crippen LogP contribution is 2.23. The minimum absolute atomic E-state index is 0.0765. The van der Waals surface area contributed by atoms with Crippen molar-refractivity contribution in [3.63, 3.8) is 0 Å². The highest BCUT2D eigenvalue weighted by atomic mass is 19.1. The lowest BCUT2D eigenvalue weighted by Crippen LogP contribution is -2.14. The summed E-state index contributed by atoms with van der Waals surface area (Å²) in [5.41, 5.74) is 3.12. The summed E-state index contributed by atoms with van der Waals surface area (Å²) in [5, 5.41) is 0. The van der Waals surface area contributed by atoms with Gasteiger partial charge in [0.05, 0.1) is 17.6 Å². The Morgan fingerprint density at radius 1 is 1.24 bits per heavy atom. The molecule has 4 nitrogen and oxygen atoms in total. The number of carbonyl (C=O) groups excluding carboxylic acids is 1. The molecule has 0 saturated heterocycles. The maximum absolute atomic E-state index is 14.3. The van der Waals surface area contributed by atoms with Crippen LogP contribution in [0, 0.1) is 19.7 Å². The minimum atomic E-state index is -0.678. The van der Waals surface area contributed by atoms with Crippen molar-refractivity contribution in [2.45, 2.75) is 27.4 Å². The molecule has 0 atom stereocenters. The lowest BCUT2D eigenvalue weighted by molar-refractivity contribution is 0.0467. The van der Waals surface area contributed by atoms with E-state index in [9.17, 15) is 9.18 Å². The van der Waals surface area contributed by atoms with Crippen LogP contribution in [0.2, 0.25) is 0 Å². The number of esters is 1. The zero-order chi connectivity index (χ0) is 18.4. The molecule has 0 radical (unpaired) electrons. The van der Waals surface area contributed by atoms with Crippen molar-refractivity contribution in [2.75, 3.05) is 13.6 Å². The molecule has 2 rings (SSSR count). The number of hydrogen-bond donors (Lipinski definition) is 0. The zero-order valence-electron chi connectivity index (χ0n) is 15.0.